The van der Waals surface area contributed by atoms with Crippen LogP contribution in [-0.4, -0.2) is 21.7 Å². The van der Waals surface area contributed by atoms with E-state index in [1.807, 2.05) is 6.07 Å². The maximum Gasteiger partial charge on any atom is 0.159 e. The number of nitrogens with two attached hydrogens (primary N) is 1. The number of hydrogen-bond acceptors (Lipinski definition) is 7. The number of carbonyl (C=O) groups excluding carboxylic acids is 1. The topological polar surface area (TPSA) is 114 Å². The summed E-state index contributed by atoms with van der Waals surface area (Å²) in [5.74, 6) is 1.50. The van der Waals surface area contributed by atoms with Crippen molar-refractivity contribution in [1.29, 1.82) is 0 Å². The molecular formula is C32H33ClF4N2O5. The largest absolute Gasteiger partial charge is 0.508 e. The first-order valence-electron chi connectivity index (χ1n) is 12.8. The Kier molecular flexibility index (Phi) is 15.6. The van der Waals surface area contributed by atoms with Crippen molar-refractivity contribution < 1.29 is 42.2 Å². The summed E-state index contributed by atoms with van der Waals surface area (Å²) in [5.41, 5.74) is 4.40. The van der Waals surface area contributed by atoms with Gasteiger partial charge in [-0.25, -0.2) is 23.5 Å². The molecule has 12 heteroatoms. The van der Waals surface area contributed by atoms with Gasteiger partial charge in [-0.05, 0) is 86.3 Å². The molecule has 0 bridgehead atoms. The second kappa shape index (κ2) is 18.3. The van der Waals surface area contributed by atoms with E-state index in [1.54, 1.807) is 45.0 Å². The molecular weight excluding hydrogens is 604 g/mol. The van der Waals surface area contributed by atoms with Crippen molar-refractivity contribution in [1.82, 2.24) is 0 Å². The standard InChI is InChI=1S/C16H15F2NO2.C9H10O2.C7H7F2NO.ClH/c1-10-3-5-13(8-16(10)20)11(2)19-21-9-12-4-6-14(17)15(18)7-12;1-6-3-4-8(7(2)10)5-9(6)11;8-6-2-1-5(4-11-10)3-7(6)9;/h3-8,20H,9H2,1-2H3;3-5,11H,1-2H3;1-3H,4,10H2;1H/b19-11+;;;. The van der Waals surface area contributed by atoms with Gasteiger partial charge in [0.1, 0.15) is 18.1 Å². The van der Waals surface area contributed by atoms with Gasteiger partial charge in [-0.3, -0.25) is 9.63 Å². The third-order valence-corrected chi connectivity index (χ3v) is 5.89. The van der Waals surface area contributed by atoms with Gasteiger partial charge in [-0.2, -0.15) is 0 Å². The average molecular weight is 637 g/mol. The number of phenolic OH excluding ortho intramolecular Hbond substituents is 2. The van der Waals surface area contributed by atoms with Gasteiger partial charge >= 0.3 is 0 Å². The highest BCUT2D eigenvalue weighted by atomic mass is 35.5. The minimum absolute atomic E-state index is 0. The van der Waals surface area contributed by atoms with Crippen LogP contribution in [0, 0.1) is 37.1 Å². The number of carbonyl (C=O) groups is 1. The first kappa shape index (κ1) is 37.6. The highest BCUT2D eigenvalue weighted by molar-refractivity contribution is 5.98. The summed E-state index contributed by atoms with van der Waals surface area (Å²) in [6, 6.07) is 17.1. The van der Waals surface area contributed by atoms with Gasteiger partial charge in [0.25, 0.3) is 0 Å². The van der Waals surface area contributed by atoms with E-state index in [0.717, 1.165) is 41.0 Å². The number of benzene rings is 4. The van der Waals surface area contributed by atoms with Crippen LogP contribution in [0.25, 0.3) is 0 Å². The SMILES string of the molecule is C/C(=N\OCc1ccc(F)c(F)c1)c1ccc(C)c(O)c1.CC(=O)c1ccc(C)c(O)c1.Cl.NOCc1ccc(F)c(F)c1. The van der Waals surface area contributed by atoms with Gasteiger partial charge in [0.2, 0.25) is 0 Å². The Balaban J connectivity index is 0.000000357. The molecule has 4 rings (SSSR count). The van der Waals surface area contributed by atoms with Crippen molar-refractivity contribution in [2.75, 3.05) is 0 Å². The van der Waals surface area contributed by atoms with Crippen LogP contribution in [0.1, 0.15) is 52.0 Å². The van der Waals surface area contributed by atoms with Crippen molar-refractivity contribution in [3.63, 3.8) is 0 Å². The average Bonchev–Trinajstić information content (AvgIpc) is 2.96. The Hall–Kier alpha value is -4.45. The smallest absolute Gasteiger partial charge is 0.159 e. The Bertz CT molecular complexity index is 1580. The van der Waals surface area contributed by atoms with Crippen LogP contribution < -0.4 is 5.90 Å². The number of hydrogen-bond donors (Lipinski definition) is 3. The van der Waals surface area contributed by atoms with E-state index in [0.29, 0.717) is 22.4 Å². The molecule has 0 spiro atoms. The molecule has 0 aliphatic heterocycles. The summed E-state index contributed by atoms with van der Waals surface area (Å²) in [4.78, 5) is 20.1. The fraction of sp³-hybridized carbons (Fsp3) is 0.188. The lowest BCUT2D eigenvalue weighted by atomic mass is 10.1. The first-order valence-corrected chi connectivity index (χ1v) is 12.8. The van der Waals surface area contributed by atoms with E-state index in [1.165, 1.54) is 25.1 Å². The Morgan fingerprint density at radius 2 is 1.16 bits per heavy atom. The number of aryl methyl sites for hydroxylation is 2. The molecule has 0 aromatic heterocycles. The first-order chi connectivity index (χ1) is 20.3. The van der Waals surface area contributed by atoms with Crippen molar-refractivity contribution in [3.05, 3.63) is 129 Å². The van der Waals surface area contributed by atoms with Gasteiger partial charge in [0.05, 0.1) is 12.3 Å². The number of aromatic hydroxyl groups is 2. The van der Waals surface area contributed by atoms with Crippen LogP contribution >= 0.6 is 12.4 Å². The second-order valence-electron chi connectivity index (χ2n) is 9.32. The van der Waals surface area contributed by atoms with Crippen LogP contribution in [0.2, 0.25) is 0 Å². The summed E-state index contributed by atoms with van der Waals surface area (Å²) in [5, 5.41) is 22.7. The van der Waals surface area contributed by atoms with Gasteiger partial charge in [-0.1, -0.05) is 41.6 Å². The predicted octanol–water partition coefficient (Wildman–Crippen LogP) is 7.60. The molecule has 7 nitrogen and oxygen atoms in total. The van der Waals surface area contributed by atoms with Crippen molar-refractivity contribution >= 4 is 23.9 Å². The number of rotatable bonds is 7. The number of halogens is 5. The zero-order valence-corrected chi connectivity index (χ0v) is 25.2. The van der Waals surface area contributed by atoms with Crippen molar-refractivity contribution in [2.45, 2.75) is 40.9 Å². The lowest BCUT2D eigenvalue weighted by molar-refractivity contribution is 0.101. The molecule has 4 aromatic carbocycles. The Morgan fingerprint density at radius 1 is 0.705 bits per heavy atom. The van der Waals surface area contributed by atoms with E-state index >= 15 is 0 Å². The van der Waals surface area contributed by atoms with E-state index in [9.17, 15) is 32.6 Å². The van der Waals surface area contributed by atoms with E-state index in [-0.39, 0.29) is 42.9 Å². The van der Waals surface area contributed by atoms with Crippen LogP contribution in [0.15, 0.2) is 78.0 Å². The summed E-state index contributed by atoms with van der Waals surface area (Å²) < 4.78 is 50.5. The molecule has 44 heavy (non-hydrogen) atoms. The number of phenols is 2. The monoisotopic (exact) mass is 636 g/mol. The predicted molar refractivity (Wildman–Crippen MR) is 162 cm³/mol. The summed E-state index contributed by atoms with van der Waals surface area (Å²) in [6.45, 7) is 6.91. The van der Waals surface area contributed by atoms with Crippen LogP contribution in [0.4, 0.5) is 17.6 Å². The van der Waals surface area contributed by atoms with Crippen LogP contribution in [-0.2, 0) is 22.9 Å². The molecule has 0 radical (unpaired) electrons. The Labute approximate surface area is 258 Å². The zero-order valence-electron chi connectivity index (χ0n) is 24.4. The summed E-state index contributed by atoms with van der Waals surface area (Å²) >= 11 is 0. The fourth-order valence-corrected chi connectivity index (χ4v) is 3.27. The van der Waals surface area contributed by atoms with Gasteiger partial charge in [0.15, 0.2) is 29.1 Å². The number of nitrogens with zero attached hydrogens (tertiary/aromatic N) is 1. The third-order valence-electron chi connectivity index (χ3n) is 5.89. The maximum atomic E-state index is 13.0. The molecule has 0 fully saturated rings. The second-order valence-corrected chi connectivity index (χ2v) is 9.32. The molecule has 0 aliphatic rings. The van der Waals surface area contributed by atoms with E-state index in [2.05, 4.69) is 9.99 Å². The molecule has 0 amide bonds. The molecule has 0 unspecified atom stereocenters. The van der Waals surface area contributed by atoms with Crippen LogP contribution in [0.5, 0.6) is 11.5 Å². The van der Waals surface area contributed by atoms with Crippen molar-refractivity contribution in [3.8, 4) is 11.5 Å². The fourth-order valence-electron chi connectivity index (χ4n) is 3.27. The zero-order chi connectivity index (χ0) is 32.1. The summed E-state index contributed by atoms with van der Waals surface area (Å²) in [7, 11) is 0. The molecule has 4 N–H and O–H groups in total. The number of oxime groups is 1. The minimum Gasteiger partial charge on any atom is -0.508 e. The normalized spacial score (nSPS) is 10.4. The molecule has 4 aromatic rings. The van der Waals surface area contributed by atoms with Gasteiger partial charge < -0.3 is 15.1 Å². The van der Waals surface area contributed by atoms with Gasteiger partial charge in [-0.15, -0.1) is 12.4 Å². The number of ketones is 1. The molecule has 0 saturated heterocycles. The van der Waals surface area contributed by atoms with E-state index < -0.39 is 23.3 Å². The lowest BCUT2D eigenvalue weighted by Gasteiger charge is -2.05. The molecule has 0 saturated carbocycles. The molecule has 0 heterocycles. The lowest BCUT2D eigenvalue weighted by Crippen LogP contribution is -1.99. The molecule has 0 aliphatic carbocycles. The van der Waals surface area contributed by atoms with Crippen molar-refractivity contribution in [2.24, 2.45) is 11.1 Å². The molecule has 236 valence electrons. The minimum atomic E-state index is -0.916. The highest BCUT2D eigenvalue weighted by Crippen LogP contribution is 2.19. The highest BCUT2D eigenvalue weighted by Gasteiger charge is 2.05. The summed E-state index contributed by atoms with van der Waals surface area (Å²) in [6.07, 6.45) is 0. The molecule has 0 atom stereocenters. The Morgan fingerprint density at radius 3 is 1.59 bits per heavy atom. The number of Topliss-reactive ketones (excluding diaryl/α,β-unsaturated/α-hetero) is 1. The third kappa shape index (κ3) is 12.0. The quantitative estimate of drug-likeness (QED) is 0.0833. The van der Waals surface area contributed by atoms with Gasteiger partial charge in [0, 0.05) is 11.1 Å². The maximum absolute atomic E-state index is 13.0. The van der Waals surface area contributed by atoms with E-state index in [4.69, 9.17) is 10.7 Å². The van der Waals surface area contributed by atoms with Crippen LogP contribution in [0.3, 0.4) is 0 Å².